The van der Waals surface area contributed by atoms with Gasteiger partial charge in [-0.1, -0.05) is 118 Å². The van der Waals surface area contributed by atoms with Gasteiger partial charge in [-0.3, -0.25) is 0 Å². The first-order chi connectivity index (χ1) is 17.5. The van der Waals surface area contributed by atoms with E-state index in [1.54, 1.807) is 0 Å². The molecule has 0 aliphatic carbocycles. The molecule has 0 aliphatic heterocycles. The number of rotatable bonds is 4. The largest absolute Gasteiger partial charge is 0.309 e. The lowest BCUT2D eigenvalue weighted by atomic mass is 9.85. The van der Waals surface area contributed by atoms with Gasteiger partial charge in [-0.2, -0.15) is 0 Å². The molecule has 0 unspecified atom stereocenters. The Kier molecular flexibility index (Phi) is 5.49. The molecule has 1 heterocycles. The summed E-state index contributed by atoms with van der Waals surface area (Å²) in [6.45, 7) is 6.87. The highest BCUT2D eigenvalue weighted by Gasteiger charge is 2.21. The molecule has 0 saturated heterocycles. The standard InChI is InChI=1S/C35H31N/c1-35(2,3)31-14-8-10-16-34(31)36-32-15-9-7-13-29(32)30-24-28(21-22-33(30)36)27-19-17-26(18-20-27)23-25-11-5-4-6-12-25/h4-22,24H,23H2,1-3H3. The van der Waals surface area contributed by atoms with Gasteiger partial charge in [0.05, 0.1) is 11.0 Å². The van der Waals surface area contributed by atoms with E-state index in [1.165, 1.54) is 55.3 Å². The zero-order valence-electron chi connectivity index (χ0n) is 21.2. The first-order valence-electron chi connectivity index (χ1n) is 12.8. The van der Waals surface area contributed by atoms with Crippen molar-refractivity contribution < 1.29 is 0 Å². The van der Waals surface area contributed by atoms with E-state index >= 15 is 0 Å². The second-order valence-corrected chi connectivity index (χ2v) is 10.7. The highest BCUT2D eigenvalue weighted by molar-refractivity contribution is 6.10. The molecule has 0 atom stereocenters. The SMILES string of the molecule is CC(C)(C)c1ccccc1-n1c2ccccc2c2cc(-c3ccc(Cc4ccccc4)cc3)ccc21. The van der Waals surface area contributed by atoms with Crippen molar-refractivity contribution in [2.45, 2.75) is 32.6 Å². The van der Waals surface area contributed by atoms with Gasteiger partial charge >= 0.3 is 0 Å². The zero-order chi connectivity index (χ0) is 24.7. The minimum absolute atomic E-state index is 0.0513. The van der Waals surface area contributed by atoms with Crippen molar-refractivity contribution in [1.82, 2.24) is 4.57 Å². The summed E-state index contributed by atoms with van der Waals surface area (Å²) < 4.78 is 2.44. The number of para-hydroxylation sites is 2. The Morgan fingerprint density at radius 2 is 1.14 bits per heavy atom. The average molecular weight is 466 g/mol. The van der Waals surface area contributed by atoms with Gasteiger partial charge in [-0.25, -0.2) is 0 Å². The maximum Gasteiger partial charge on any atom is 0.0541 e. The van der Waals surface area contributed by atoms with E-state index in [0.717, 1.165) is 6.42 Å². The lowest BCUT2D eigenvalue weighted by Crippen LogP contribution is -2.15. The Hall–Kier alpha value is -4.10. The smallest absolute Gasteiger partial charge is 0.0541 e. The van der Waals surface area contributed by atoms with Crippen molar-refractivity contribution in [2.24, 2.45) is 0 Å². The predicted octanol–water partition coefficient (Wildman–Crippen LogP) is 9.34. The molecule has 176 valence electrons. The minimum Gasteiger partial charge on any atom is -0.309 e. The summed E-state index contributed by atoms with van der Waals surface area (Å²) in [6.07, 6.45) is 0.959. The summed E-state index contributed by atoms with van der Waals surface area (Å²) in [4.78, 5) is 0. The first kappa shape index (κ1) is 22.4. The molecule has 1 aromatic heterocycles. The van der Waals surface area contributed by atoms with Gasteiger partial charge in [0, 0.05) is 16.5 Å². The van der Waals surface area contributed by atoms with Crippen LogP contribution in [0.2, 0.25) is 0 Å². The molecule has 0 aliphatic rings. The van der Waals surface area contributed by atoms with Crippen molar-refractivity contribution in [1.29, 1.82) is 0 Å². The summed E-state index contributed by atoms with van der Waals surface area (Å²) >= 11 is 0. The molecule has 6 rings (SSSR count). The third-order valence-electron chi connectivity index (χ3n) is 7.16. The molecule has 1 nitrogen and oxygen atoms in total. The summed E-state index contributed by atoms with van der Waals surface area (Å²) in [7, 11) is 0. The van der Waals surface area contributed by atoms with Crippen LogP contribution in [0.3, 0.4) is 0 Å². The normalized spacial score (nSPS) is 11.9. The molecular formula is C35H31N. The van der Waals surface area contributed by atoms with E-state index in [-0.39, 0.29) is 5.41 Å². The molecule has 0 saturated carbocycles. The fourth-order valence-electron chi connectivity index (χ4n) is 5.36. The van der Waals surface area contributed by atoms with Gasteiger partial charge in [0.2, 0.25) is 0 Å². The van der Waals surface area contributed by atoms with Crippen molar-refractivity contribution >= 4 is 21.8 Å². The van der Waals surface area contributed by atoms with Gasteiger partial charge in [0.15, 0.2) is 0 Å². The molecule has 0 amide bonds. The van der Waals surface area contributed by atoms with Crippen LogP contribution in [0.5, 0.6) is 0 Å². The third-order valence-corrected chi connectivity index (χ3v) is 7.16. The highest BCUT2D eigenvalue weighted by atomic mass is 15.0. The lowest BCUT2D eigenvalue weighted by Gasteiger charge is -2.24. The average Bonchev–Trinajstić information content (AvgIpc) is 3.23. The predicted molar refractivity (Wildman–Crippen MR) is 154 cm³/mol. The van der Waals surface area contributed by atoms with Crippen LogP contribution in [0.15, 0.2) is 121 Å². The lowest BCUT2D eigenvalue weighted by molar-refractivity contribution is 0.587. The van der Waals surface area contributed by atoms with Gasteiger partial charge < -0.3 is 4.57 Å². The van der Waals surface area contributed by atoms with Crippen LogP contribution in [-0.2, 0) is 11.8 Å². The quantitative estimate of drug-likeness (QED) is 0.244. The molecule has 0 fully saturated rings. The van der Waals surface area contributed by atoms with Crippen LogP contribution in [0.1, 0.15) is 37.5 Å². The Morgan fingerprint density at radius 3 is 1.92 bits per heavy atom. The Balaban J connectivity index is 1.46. The molecule has 1 heteroatoms. The summed E-state index contributed by atoms with van der Waals surface area (Å²) in [5.41, 5.74) is 10.3. The summed E-state index contributed by atoms with van der Waals surface area (Å²) in [6, 6.07) is 44.2. The second kappa shape index (κ2) is 8.84. The number of hydrogen-bond donors (Lipinski definition) is 0. The number of hydrogen-bond acceptors (Lipinski definition) is 0. The maximum absolute atomic E-state index is 2.44. The minimum atomic E-state index is 0.0513. The number of benzene rings is 5. The molecule has 0 radical (unpaired) electrons. The van der Waals surface area contributed by atoms with E-state index in [0.29, 0.717) is 0 Å². The van der Waals surface area contributed by atoms with Crippen LogP contribution in [0.25, 0.3) is 38.6 Å². The summed E-state index contributed by atoms with van der Waals surface area (Å²) in [5.74, 6) is 0. The van der Waals surface area contributed by atoms with Crippen molar-refractivity contribution in [3.8, 4) is 16.8 Å². The highest BCUT2D eigenvalue weighted by Crippen LogP contribution is 2.38. The van der Waals surface area contributed by atoms with E-state index in [9.17, 15) is 0 Å². The maximum atomic E-state index is 2.44. The van der Waals surface area contributed by atoms with E-state index in [2.05, 4.69) is 147 Å². The molecule has 0 N–H and O–H groups in total. The van der Waals surface area contributed by atoms with E-state index < -0.39 is 0 Å². The summed E-state index contributed by atoms with van der Waals surface area (Å²) in [5, 5.41) is 2.58. The topological polar surface area (TPSA) is 4.93 Å². The van der Waals surface area contributed by atoms with E-state index in [1.807, 2.05) is 0 Å². The van der Waals surface area contributed by atoms with Crippen molar-refractivity contribution in [3.63, 3.8) is 0 Å². The molecule has 5 aromatic carbocycles. The van der Waals surface area contributed by atoms with Gasteiger partial charge in [-0.15, -0.1) is 0 Å². The second-order valence-electron chi connectivity index (χ2n) is 10.7. The molecule has 36 heavy (non-hydrogen) atoms. The molecule has 0 spiro atoms. The molecule has 0 bridgehead atoms. The fraction of sp³-hybridized carbons (Fsp3) is 0.143. The van der Waals surface area contributed by atoms with Gasteiger partial charge in [-0.05, 0) is 63.9 Å². The first-order valence-corrected chi connectivity index (χ1v) is 12.8. The third kappa shape index (κ3) is 4.01. The van der Waals surface area contributed by atoms with Gasteiger partial charge in [0.1, 0.15) is 0 Å². The van der Waals surface area contributed by atoms with Crippen molar-refractivity contribution in [2.75, 3.05) is 0 Å². The Morgan fingerprint density at radius 1 is 0.528 bits per heavy atom. The Bertz CT molecular complexity index is 1660. The zero-order valence-corrected chi connectivity index (χ0v) is 21.2. The van der Waals surface area contributed by atoms with Crippen LogP contribution in [0, 0.1) is 0 Å². The van der Waals surface area contributed by atoms with Crippen LogP contribution in [-0.4, -0.2) is 4.57 Å². The molecular weight excluding hydrogens is 434 g/mol. The fourth-order valence-corrected chi connectivity index (χ4v) is 5.36. The number of nitrogens with zero attached hydrogens (tertiary/aromatic N) is 1. The van der Waals surface area contributed by atoms with Crippen LogP contribution in [0.4, 0.5) is 0 Å². The Labute approximate surface area is 213 Å². The molecule has 6 aromatic rings. The van der Waals surface area contributed by atoms with Crippen molar-refractivity contribution in [3.05, 3.63) is 138 Å². The number of aromatic nitrogens is 1. The van der Waals surface area contributed by atoms with Crippen LogP contribution >= 0.6 is 0 Å². The van der Waals surface area contributed by atoms with Crippen LogP contribution < -0.4 is 0 Å². The van der Waals surface area contributed by atoms with Gasteiger partial charge in [0.25, 0.3) is 0 Å². The number of fused-ring (bicyclic) bond motifs is 3. The van der Waals surface area contributed by atoms with E-state index in [4.69, 9.17) is 0 Å². The monoisotopic (exact) mass is 465 g/mol.